The Kier molecular flexibility index (Phi) is 4.65. The van der Waals surface area contributed by atoms with Crippen molar-refractivity contribution < 1.29 is 19.1 Å². The van der Waals surface area contributed by atoms with Gasteiger partial charge in [-0.3, -0.25) is 0 Å². The summed E-state index contributed by atoms with van der Waals surface area (Å²) >= 11 is 0. The largest absolute Gasteiger partial charge is 0.455 e. The van der Waals surface area contributed by atoms with Crippen molar-refractivity contribution in [1.29, 1.82) is 0 Å². The van der Waals surface area contributed by atoms with Gasteiger partial charge in [0, 0.05) is 11.8 Å². The number of carbonyl (C=O) groups excluding carboxylic acids is 2. The van der Waals surface area contributed by atoms with Crippen LogP contribution in [0.15, 0.2) is 60.7 Å². The molecule has 6 atom stereocenters. The van der Waals surface area contributed by atoms with Crippen LogP contribution < -0.4 is 0 Å². The SMILES string of the molecule is CC1CC2C(C1)C1CC2C(OC(=O)c2ccccc2)C1OC(=O)c1ccccc1. The summed E-state index contributed by atoms with van der Waals surface area (Å²) in [6, 6.07) is 18.1. The van der Waals surface area contributed by atoms with Gasteiger partial charge in [-0.1, -0.05) is 43.3 Å². The summed E-state index contributed by atoms with van der Waals surface area (Å²) in [4.78, 5) is 25.5. The highest BCUT2D eigenvalue weighted by molar-refractivity contribution is 5.90. The number of esters is 2. The van der Waals surface area contributed by atoms with Gasteiger partial charge in [-0.15, -0.1) is 0 Å². The normalized spacial score (nSPS) is 34.6. The van der Waals surface area contributed by atoms with Crippen molar-refractivity contribution in [3.63, 3.8) is 0 Å². The lowest BCUT2D eigenvalue weighted by Gasteiger charge is -2.37. The van der Waals surface area contributed by atoms with Gasteiger partial charge in [0.25, 0.3) is 0 Å². The first-order valence-electron chi connectivity index (χ1n) is 10.6. The first-order valence-corrected chi connectivity index (χ1v) is 10.6. The van der Waals surface area contributed by atoms with E-state index < -0.39 is 0 Å². The van der Waals surface area contributed by atoms with E-state index in [1.54, 1.807) is 24.3 Å². The molecular weight excluding hydrogens is 364 g/mol. The molecule has 29 heavy (non-hydrogen) atoms. The van der Waals surface area contributed by atoms with E-state index >= 15 is 0 Å². The van der Waals surface area contributed by atoms with Gasteiger partial charge >= 0.3 is 11.9 Å². The molecule has 0 heterocycles. The summed E-state index contributed by atoms with van der Waals surface area (Å²) in [6.07, 6.45) is 2.65. The highest BCUT2D eigenvalue weighted by atomic mass is 16.6. The fourth-order valence-corrected chi connectivity index (χ4v) is 6.11. The molecule has 2 aromatic rings. The first-order chi connectivity index (χ1) is 14.1. The molecule has 0 N–H and O–H groups in total. The summed E-state index contributed by atoms with van der Waals surface area (Å²) < 4.78 is 12.0. The van der Waals surface area contributed by atoms with Crippen LogP contribution in [0, 0.1) is 29.6 Å². The van der Waals surface area contributed by atoms with Crippen LogP contribution in [0.25, 0.3) is 0 Å². The molecule has 4 nitrogen and oxygen atoms in total. The third-order valence-corrected chi connectivity index (χ3v) is 7.22. The number of benzene rings is 2. The molecule has 5 rings (SSSR count). The number of hydrogen-bond acceptors (Lipinski definition) is 4. The van der Waals surface area contributed by atoms with E-state index in [2.05, 4.69) is 6.92 Å². The number of rotatable bonds is 4. The summed E-state index contributed by atoms with van der Waals surface area (Å²) in [5, 5.41) is 0. The molecule has 0 aliphatic heterocycles. The van der Waals surface area contributed by atoms with Crippen LogP contribution in [0.4, 0.5) is 0 Å². The molecule has 2 bridgehead atoms. The molecule has 6 unspecified atom stereocenters. The third-order valence-electron chi connectivity index (χ3n) is 7.22. The average molecular weight is 390 g/mol. The monoisotopic (exact) mass is 390 g/mol. The smallest absolute Gasteiger partial charge is 0.338 e. The lowest BCUT2D eigenvalue weighted by Crippen LogP contribution is -2.45. The van der Waals surface area contributed by atoms with Gasteiger partial charge in [0.05, 0.1) is 11.1 Å². The minimum atomic E-state index is -0.355. The Morgan fingerprint density at radius 2 is 1.07 bits per heavy atom. The third kappa shape index (κ3) is 3.25. The zero-order chi connectivity index (χ0) is 20.0. The van der Waals surface area contributed by atoms with Crippen LogP contribution in [0.1, 0.15) is 46.9 Å². The molecule has 0 saturated heterocycles. The standard InChI is InChI=1S/C25H26O4/c1-15-12-18-19(13-15)21-14-20(18)22(28-24(26)16-8-4-2-5-9-16)23(21)29-25(27)17-10-6-3-7-11-17/h2-11,15,18-23H,12-14H2,1H3. The van der Waals surface area contributed by atoms with Crippen molar-refractivity contribution in [2.75, 3.05) is 0 Å². The second kappa shape index (κ2) is 7.33. The molecule has 3 aliphatic rings. The average Bonchev–Trinajstić information content (AvgIpc) is 3.39. The van der Waals surface area contributed by atoms with Crippen LogP contribution in [0.2, 0.25) is 0 Å². The number of ether oxygens (including phenoxy) is 2. The van der Waals surface area contributed by atoms with Crippen LogP contribution in [0.3, 0.4) is 0 Å². The quantitative estimate of drug-likeness (QED) is 0.707. The molecule has 4 heteroatoms. The Morgan fingerprint density at radius 3 is 1.48 bits per heavy atom. The van der Waals surface area contributed by atoms with E-state index in [1.165, 1.54) is 12.8 Å². The van der Waals surface area contributed by atoms with Gasteiger partial charge in [0.15, 0.2) is 0 Å². The Labute approximate surface area is 171 Å². The number of carbonyl (C=O) groups is 2. The van der Waals surface area contributed by atoms with Crippen molar-refractivity contribution in [3.05, 3.63) is 71.8 Å². The van der Waals surface area contributed by atoms with E-state index in [0.717, 1.165) is 6.42 Å². The molecular formula is C25H26O4. The fourth-order valence-electron chi connectivity index (χ4n) is 6.11. The Morgan fingerprint density at radius 1 is 0.655 bits per heavy atom. The van der Waals surface area contributed by atoms with Crippen molar-refractivity contribution in [3.8, 4) is 0 Å². The van der Waals surface area contributed by atoms with Crippen molar-refractivity contribution in [2.45, 2.75) is 38.4 Å². The molecule has 0 aromatic heterocycles. The predicted molar refractivity (Wildman–Crippen MR) is 108 cm³/mol. The zero-order valence-corrected chi connectivity index (χ0v) is 16.6. The molecule has 2 aromatic carbocycles. The molecule has 0 radical (unpaired) electrons. The molecule has 3 fully saturated rings. The highest BCUT2D eigenvalue weighted by Crippen LogP contribution is 2.61. The molecule has 0 amide bonds. The topological polar surface area (TPSA) is 52.6 Å². The predicted octanol–water partition coefficient (Wildman–Crippen LogP) is 4.75. The van der Waals surface area contributed by atoms with Gasteiger partial charge in [-0.05, 0) is 61.3 Å². The first kappa shape index (κ1) is 18.4. The van der Waals surface area contributed by atoms with Gasteiger partial charge in [-0.2, -0.15) is 0 Å². The van der Waals surface area contributed by atoms with E-state index in [4.69, 9.17) is 9.47 Å². The second-order valence-electron chi connectivity index (χ2n) is 8.94. The van der Waals surface area contributed by atoms with Gasteiger partial charge in [0.1, 0.15) is 12.2 Å². The lowest BCUT2D eigenvalue weighted by molar-refractivity contribution is -0.0766. The molecule has 150 valence electrons. The number of fused-ring (bicyclic) bond motifs is 5. The maximum atomic E-state index is 12.8. The van der Waals surface area contributed by atoms with Crippen LogP contribution in [0.5, 0.6) is 0 Å². The minimum Gasteiger partial charge on any atom is -0.455 e. The fraction of sp³-hybridized carbons (Fsp3) is 0.440. The Balaban J connectivity index is 1.39. The Hall–Kier alpha value is -2.62. The van der Waals surface area contributed by atoms with E-state index in [1.807, 2.05) is 36.4 Å². The lowest BCUT2D eigenvalue weighted by atomic mass is 9.78. The van der Waals surface area contributed by atoms with E-state index in [9.17, 15) is 9.59 Å². The number of hydrogen-bond donors (Lipinski definition) is 0. The van der Waals surface area contributed by atoms with Crippen LogP contribution in [-0.4, -0.2) is 24.1 Å². The summed E-state index contributed by atoms with van der Waals surface area (Å²) in [5.41, 5.74) is 1.08. The van der Waals surface area contributed by atoms with E-state index in [-0.39, 0.29) is 36.0 Å². The summed E-state index contributed by atoms with van der Waals surface area (Å²) in [5.74, 6) is 1.76. The zero-order valence-electron chi connectivity index (χ0n) is 16.6. The summed E-state index contributed by atoms with van der Waals surface area (Å²) in [7, 11) is 0. The molecule has 3 aliphatic carbocycles. The molecule has 0 spiro atoms. The van der Waals surface area contributed by atoms with Crippen molar-refractivity contribution >= 4 is 11.9 Å². The Bertz CT molecular complexity index is 820. The van der Waals surface area contributed by atoms with Gasteiger partial charge in [-0.25, -0.2) is 9.59 Å². The van der Waals surface area contributed by atoms with Crippen molar-refractivity contribution in [2.24, 2.45) is 29.6 Å². The second-order valence-corrected chi connectivity index (χ2v) is 8.94. The van der Waals surface area contributed by atoms with Crippen LogP contribution in [-0.2, 0) is 9.47 Å². The van der Waals surface area contributed by atoms with Crippen LogP contribution >= 0.6 is 0 Å². The molecule has 3 saturated carbocycles. The highest BCUT2D eigenvalue weighted by Gasteiger charge is 2.63. The van der Waals surface area contributed by atoms with Gasteiger partial charge < -0.3 is 9.47 Å². The maximum Gasteiger partial charge on any atom is 0.338 e. The maximum absolute atomic E-state index is 12.8. The van der Waals surface area contributed by atoms with Crippen molar-refractivity contribution in [1.82, 2.24) is 0 Å². The van der Waals surface area contributed by atoms with Gasteiger partial charge in [0.2, 0.25) is 0 Å². The minimum absolute atomic E-state index is 0.288. The van der Waals surface area contributed by atoms with E-state index in [0.29, 0.717) is 28.9 Å². The summed E-state index contributed by atoms with van der Waals surface area (Å²) in [6.45, 7) is 2.30.